The predicted molar refractivity (Wildman–Crippen MR) is 83.8 cm³/mol. The van der Waals surface area contributed by atoms with Crippen LogP contribution in [0.2, 0.25) is 0 Å². The first-order chi connectivity index (χ1) is 10.4. The number of carboxylic acids is 1. The zero-order chi connectivity index (χ0) is 16.5. The molecule has 0 aliphatic heterocycles. The molecule has 0 aromatic heterocycles. The molecule has 6 nitrogen and oxygen atoms in total. The number of rotatable bonds is 8. The van der Waals surface area contributed by atoms with Crippen LogP contribution in [0.15, 0.2) is 30.3 Å². The number of carbonyl (C=O) groups excluding carboxylic acids is 1. The third kappa shape index (κ3) is 6.13. The molecule has 0 bridgehead atoms. The molecule has 0 saturated carbocycles. The molecule has 2 unspecified atom stereocenters. The van der Waals surface area contributed by atoms with Crippen molar-refractivity contribution >= 4 is 12.0 Å². The summed E-state index contributed by atoms with van der Waals surface area (Å²) in [6.07, 6.45) is 0.573. The molecule has 122 valence electrons. The smallest absolute Gasteiger partial charge is 0.317 e. The molecule has 1 aromatic carbocycles. The molecule has 1 aromatic rings. The van der Waals surface area contributed by atoms with Crippen LogP contribution in [0.4, 0.5) is 4.79 Å². The van der Waals surface area contributed by atoms with Gasteiger partial charge in [0.15, 0.2) is 0 Å². The first-order valence-corrected chi connectivity index (χ1v) is 7.22. The number of hydrogen-bond donors (Lipinski definition) is 2. The SMILES string of the molecule is COC(CNC(=O)N(C)CC(C)C(=O)O)Cc1ccccc1. The Morgan fingerprint density at radius 2 is 1.95 bits per heavy atom. The number of methoxy groups -OCH3 is 1. The highest BCUT2D eigenvalue weighted by molar-refractivity contribution is 5.75. The van der Waals surface area contributed by atoms with Crippen molar-refractivity contribution in [3.63, 3.8) is 0 Å². The van der Waals surface area contributed by atoms with Crippen molar-refractivity contribution in [3.05, 3.63) is 35.9 Å². The number of nitrogens with zero attached hydrogens (tertiary/aromatic N) is 1. The summed E-state index contributed by atoms with van der Waals surface area (Å²) in [6, 6.07) is 9.58. The van der Waals surface area contributed by atoms with Gasteiger partial charge in [0, 0.05) is 33.7 Å². The Bertz CT molecular complexity index is 478. The molecule has 0 heterocycles. The lowest BCUT2D eigenvalue weighted by Crippen LogP contribution is -2.44. The number of urea groups is 1. The largest absolute Gasteiger partial charge is 0.481 e. The number of carbonyl (C=O) groups is 2. The van der Waals surface area contributed by atoms with Gasteiger partial charge in [-0.2, -0.15) is 0 Å². The maximum atomic E-state index is 11.9. The highest BCUT2D eigenvalue weighted by Gasteiger charge is 2.18. The molecule has 0 saturated heterocycles. The van der Waals surface area contributed by atoms with Crippen molar-refractivity contribution in [1.29, 1.82) is 0 Å². The van der Waals surface area contributed by atoms with Crippen molar-refractivity contribution in [2.45, 2.75) is 19.4 Å². The zero-order valence-corrected chi connectivity index (χ0v) is 13.3. The second-order valence-corrected chi connectivity index (χ2v) is 5.35. The second-order valence-electron chi connectivity index (χ2n) is 5.35. The molecule has 0 radical (unpaired) electrons. The number of nitrogens with one attached hydrogen (secondary N) is 1. The van der Waals surface area contributed by atoms with E-state index in [4.69, 9.17) is 9.84 Å². The molecule has 2 amide bonds. The molecule has 1 rings (SSSR count). The van der Waals surface area contributed by atoms with Crippen LogP contribution in [0.1, 0.15) is 12.5 Å². The fourth-order valence-corrected chi connectivity index (χ4v) is 2.02. The Morgan fingerprint density at radius 1 is 1.32 bits per heavy atom. The first kappa shape index (κ1) is 18.0. The van der Waals surface area contributed by atoms with Gasteiger partial charge < -0.3 is 20.1 Å². The van der Waals surface area contributed by atoms with Gasteiger partial charge in [0.05, 0.1) is 12.0 Å². The van der Waals surface area contributed by atoms with Gasteiger partial charge in [0.2, 0.25) is 0 Å². The highest BCUT2D eigenvalue weighted by atomic mass is 16.5. The number of carboxylic acid groups (broad SMARTS) is 1. The van der Waals surface area contributed by atoms with E-state index in [2.05, 4.69) is 5.32 Å². The number of benzene rings is 1. The van der Waals surface area contributed by atoms with Gasteiger partial charge >= 0.3 is 12.0 Å². The van der Waals surface area contributed by atoms with Crippen LogP contribution in [-0.4, -0.2) is 55.4 Å². The number of aliphatic carboxylic acids is 1. The van der Waals surface area contributed by atoms with Gasteiger partial charge in [-0.1, -0.05) is 37.3 Å². The Hall–Kier alpha value is -2.08. The standard InChI is InChI=1S/C16H24N2O4/c1-12(15(19)20)11-18(2)16(21)17-10-14(22-3)9-13-7-5-4-6-8-13/h4-8,12,14H,9-11H2,1-3H3,(H,17,21)(H,19,20). The molecule has 2 N–H and O–H groups in total. The fraction of sp³-hybridized carbons (Fsp3) is 0.500. The number of amides is 2. The zero-order valence-electron chi connectivity index (χ0n) is 13.3. The van der Waals surface area contributed by atoms with Gasteiger partial charge in [0.25, 0.3) is 0 Å². The van der Waals surface area contributed by atoms with Gasteiger partial charge in [-0.15, -0.1) is 0 Å². The maximum absolute atomic E-state index is 11.9. The van der Waals surface area contributed by atoms with Crippen molar-refractivity contribution in [1.82, 2.24) is 10.2 Å². The maximum Gasteiger partial charge on any atom is 0.317 e. The van der Waals surface area contributed by atoms with Gasteiger partial charge in [-0.05, 0) is 5.56 Å². The summed E-state index contributed by atoms with van der Waals surface area (Å²) in [5.74, 6) is -1.52. The Kier molecular flexibility index (Phi) is 7.39. The first-order valence-electron chi connectivity index (χ1n) is 7.22. The van der Waals surface area contributed by atoms with E-state index in [1.165, 1.54) is 4.90 Å². The third-order valence-corrected chi connectivity index (χ3v) is 3.44. The molecule has 0 aliphatic carbocycles. The summed E-state index contributed by atoms with van der Waals surface area (Å²) in [6.45, 7) is 2.10. The summed E-state index contributed by atoms with van der Waals surface area (Å²) < 4.78 is 5.38. The summed E-state index contributed by atoms with van der Waals surface area (Å²) in [5, 5.41) is 11.6. The van der Waals surface area contributed by atoms with Crippen LogP contribution in [0.3, 0.4) is 0 Å². The van der Waals surface area contributed by atoms with Crippen molar-refractivity contribution in [3.8, 4) is 0 Å². The lowest BCUT2D eigenvalue weighted by atomic mass is 10.1. The lowest BCUT2D eigenvalue weighted by molar-refractivity contribution is -0.141. The average molecular weight is 308 g/mol. The van der Waals surface area contributed by atoms with Gasteiger partial charge in [0.1, 0.15) is 0 Å². The molecule has 22 heavy (non-hydrogen) atoms. The summed E-state index contributed by atoms with van der Waals surface area (Å²) >= 11 is 0. The molecular weight excluding hydrogens is 284 g/mol. The van der Waals surface area contributed by atoms with Crippen molar-refractivity contribution in [2.75, 3.05) is 27.2 Å². The summed E-state index contributed by atoms with van der Waals surface area (Å²) in [4.78, 5) is 24.1. The Balaban J connectivity index is 2.42. The molecule has 2 atom stereocenters. The Morgan fingerprint density at radius 3 is 2.50 bits per heavy atom. The van der Waals surface area contributed by atoms with Crippen molar-refractivity contribution < 1.29 is 19.4 Å². The summed E-state index contributed by atoms with van der Waals surface area (Å²) in [5.41, 5.74) is 1.14. The van der Waals surface area contributed by atoms with E-state index < -0.39 is 11.9 Å². The quantitative estimate of drug-likeness (QED) is 0.764. The molecule has 0 spiro atoms. The lowest BCUT2D eigenvalue weighted by Gasteiger charge is -2.22. The average Bonchev–Trinajstić information content (AvgIpc) is 2.51. The number of ether oxygens (including phenoxy) is 1. The van der Waals surface area contributed by atoms with Crippen LogP contribution in [0, 0.1) is 5.92 Å². The second kappa shape index (κ2) is 9.04. The minimum absolute atomic E-state index is 0.128. The van der Waals surface area contributed by atoms with Crippen LogP contribution in [-0.2, 0) is 16.0 Å². The Labute approximate surface area is 131 Å². The van der Waals surface area contributed by atoms with E-state index in [1.807, 2.05) is 30.3 Å². The molecule has 0 aliphatic rings. The van der Waals surface area contributed by atoms with Crippen LogP contribution in [0.5, 0.6) is 0 Å². The van der Waals surface area contributed by atoms with Crippen LogP contribution < -0.4 is 5.32 Å². The van der Waals surface area contributed by atoms with Gasteiger partial charge in [-0.25, -0.2) is 4.79 Å². The normalized spacial score (nSPS) is 13.2. The minimum atomic E-state index is -0.918. The van der Waals surface area contributed by atoms with Gasteiger partial charge in [-0.3, -0.25) is 4.79 Å². The monoisotopic (exact) mass is 308 g/mol. The summed E-state index contributed by atoms with van der Waals surface area (Å²) in [7, 11) is 3.18. The van der Waals surface area contributed by atoms with Crippen LogP contribution in [0.25, 0.3) is 0 Å². The molecule has 6 heteroatoms. The topological polar surface area (TPSA) is 78.9 Å². The molecular formula is C16H24N2O4. The van der Waals surface area contributed by atoms with E-state index >= 15 is 0 Å². The van der Waals surface area contributed by atoms with E-state index in [-0.39, 0.29) is 18.7 Å². The van der Waals surface area contributed by atoms with E-state index in [0.717, 1.165) is 5.56 Å². The van der Waals surface area contributed by atoms with Crippen LogP contribution >= 0.6 is 0 Å². The number of hydrogen-bond acceptors (Lipinski definition) is 3. The predicted octanol–water partition coefficient (Wildman–Crippen LogP) is 1.61. The fourth-order valence-electron chi connectivity index (χ4n) is 2.02. The highest BCUT2D eigenvalue weighted by Crippen LogP contribution is 2.05. The molecule has 0 fully saturated rings. The van der Waals surface area contributed by atoms with E-state index in [9.17, 15) is 9.59 Å². The third-order valence-electron chi connectivity index (χ3n) is 3.44. The minimum Gasteiger partial charge on any atom is -0.481 e. The van der Waals surface area contributed by atoms with E-state index in [0.29, 0.717) is 13.0 Å². The van der Waals surface area contributed by atoms with Crippen molar-refractivity contribution in [2.24, 2.45) is 5.92 Å². The van der Waals surface area contributed by atoms with E-state index in [1.54, 1.807) is 21.1 Å².